The Morgan fingerprint density at radius 2 is 1.29 bits per heavy atom. The molecule has 35 heavy (non-hydrogen) atoms. The van der Waals surface area contributed by atoms with E-state index in [-0.39, 0.29) is 5.78 Å². The van der Waals surface area contributed by atoms with Crippen LogP contribution in [0.5, 0.6) is 11.5 Å². The Morgan fingerprint density at radius 3 is 1.89 bits per heavy atom. The number of unbranched alkanes of at least 4 members (excludes halogenated alkanes) is 7. The molecular weight excluding hydrogens is 432 g/mol. The molecule has 0 amide bonds. The highest BCUT2D eigenvalue weighted by Crippen LogP contribution is 2.26. The van der Waals surface area contributed by atoms with Gasteiger partial charge in [-0.1, -0.05) is 102 Å². The molecule has 0 aliphatic heterocycles. The van der Waals surface area contributed by atoms with Crippen molar-refractivity contribution in [3.63, 3.8) is 0 Å². The van der Waals surface area contributed by atoms with E-state index in [0.29, 0.717) is 18.9 Å². The summed E-state index contributed by atoms with van der Waals surface area (Å²) in [4.78, 5) is 12.2. The van der Waals surface area contributed by atoms with Gasteiger partial charge in [0.1, 0.15) is 18.1 Å². The summed E-state index contributed by atoms with van der Waals surface area (Å²) < 4.78 is 12.0. The molecule has 0 N–H and O–H groups in total. The topological polar surface area (TPSA) is 35.5 Å². The summed E-state index contributed by atoms with van der Waals surface area (Å²) in [6.07, 6.45) is 11.0. The predicted octanol–water partition coefficient (Wildman–Crippen LogP) is 9.17. The molecule has 3 rings (SSSR count). The predicted molar refractivity (Wildman–Crippen MR) is 147 cm³/mol. The molecule has 0 radical (unpaired) electrons. The molecule has 3 aromatic carbocycles. The van der Waals surface area contributed by atoms with Gasteiger partial charge >= 0.3 is 0 Å². The second kappa shape index (κ2) is 14.6. The average molecular weight is 475 g/mol. The number of hydrogen-bond donors (Lipinski definition) is 0. The summed E-state index contributed by atoms with van der Waals surface area (Å²) in [7, 11) is 0. The molecule has 0 bridgehead atoms. The van der Waals surface area contributed by atoms with Crippen LogP contribution in [0.25, 0.3) is 10.8 Å². The molecule has 0 unspecified atom stereocenters. The van der Waals surface area contributed by atoms with E-state index in [0.717, 1.165) is 46.4 Å². The fraction of sp³-hybridized carbons (Fsp3) is 0.469. The molecule has 0 aromatic heterocycles. The van der Waals surface area contributed by atoms with Crippen molar-refractivity contribution in [3.8, 4) is 11.5 Å². The quantitative estimate of drug-likeness (QED) is 0.153. The van der Waals surface area contributed by atoms with Crippen molar-refractivity contribution in [1.82, 2.24) is 0 Å². The summed E-state index contributed by atoms with van der Waals surface area (Å²) in [6.45, 7) is 7.65. The van der Waals surface area contributed by atoms with Gasteiger partial charge in [0.15, 0.2) is 5.78 Å². The van der Waals surface area contributed by atoms with Crippen LogP contribution < -0.4 is 9.47 Å². The normalized spacial score (nSPS) is 11.2. The number of Topliss-reactive ketones (excluding diaryl/α,β-unsaturated/α-hetero) is 1. The minimum absolute atomic E-state index is 0.197. The van der Waals surface area contributed by atoms with Crippen molar-refractivity contribution in [1.29, 1.82) is 0 Å². The highest BCUT2D eigenvalue weighted by molar-refractivity contribution is 5.96. The van der Waals surface area contributed by atoms with E-state index in [2.05, 4.69) is 45.0 Å². The average Bonchev–Trinajstić information content (AvgIpc) is 2.86. The molecule has 188 valence electrons. The second-order valence-electron chi connectivity index (χ2n) is 10.0. The number of carbonyl (C=O) groups is 1. The van der Waals surface area contributed by atoms with E-state index in [1.165, 1.54) is 44.9 Å². The van der Waals surface area contributed by atoms with Crippen molar-refractivity contribution in [2.75, 3.05) is 6.61 Å². The highest BCUT2D eigenvalue weighted by atomic mass is 16.5. The fourth-order valence-corrected chi connectivity index (χ4v) is 4.25. The van der Waals surface area contributed by atoms with Gasteiger partial charge in [-0.15, -0.1) is 0 Å². The first-order valence-electron chi connectivity index (χ1n) is 13.5. The van der Waals surface area contributed by atoms with Gasteiger partial charge in [-0.3, -0.25) is 4.79 Å². The number of fused-ring (bicyclic) bond motifs is 1. The largest absolute Gasteiger partial charge is 0.494 e. The summed E-state index contributed by atoms with van der Waals surface area (Å²) >= 11 is 0. The number of ether oxygens (including phenoxy) is 2. The lowest BCUT2D eigenvalue weighted by atomic mass is 10.0. The van der Waals surface area contributed by atoms with Gasteiger partial charge in [-0.25, -0.2) is 0 Å². The van der Waals surface area contributed by atoms with E-state index < -0.39 is 0 Å². The van der Waals surface area contributed by atoms with Crippen LogP contribution in [0, 0.1) is 5.92 Å². The van der Waals surface area contributed by atoms with Gasteiger partial charge in [0, 0.05) is 12.0 Å². The van der Waals surface area contributed by atoms with Crippen molar-refractivity contribution >= 4 is 16.6 Å². The Morgan fingerprint density at radius 1 is 0.714 bits per heavy atom. The zero-order chi connectivity index (χ0) is 24.9. The van der Waals surface area contributed by atoms with E-state index in [4.69, 9.17) is 9.47 Å². The van der Waals surface area contributed by atoms with Gasteiger partial charge in [-0.05, 0) is 52.9 Å². The van der Waals surface area contributed by atoms with Crippen molar-refractivity contribution in [3.05, 3.63) is 71.8 Å². The highest BCUT2D eigenvalue weighted by Gasteiger charge is 2.08. The molecule has 0 saturated carbocycles. The first-order chi connectivity index (χ1) is 17.0. The van der Waals surface area contributed by atoms with E-state index in [1.807, 2.05) is 36.4 Å². The van der Waals surface area contributed by atoms with Crippen LogP contribution in [-0.4, -0.2) is 12.4 Å². The smallest absolute Gasteiger partial charge is 0.163 e. The van der Waals surface area contributed by atoms with Gasteiger partial charge in [0.05, 0.1) is 6.61 Å². The Hall–Kier alpha value is -2.81. The lowest BCUT2D eigenvalue weighted by molar-refractivity contribution is 0.0968. The number of rotatable bonds is 16. The molecule has 0 spiro atoms. The first kappa shape index (κ1) is 26.8. The maximum atomic E-state index is 12.2. The minimum Gasteiger partial charge on any atom is -0.494 e. The summed E-state index contributed by atoms with van der Waals surface area (Å²) in [5, 5.41) is 2.29. The molecule has 0 saturated heterocycles. The Bertz CT molecular complexity index is 1040. The molecular formula is C32H42O3. The van der Waals surface area contributed by atoms with Gasteiger partial charge in [0.2, 0.25) is 0 Å². The Balaban J connectivity index is 1.43. The first-order valence-corrected chi connectivity index (χ1v) is 13.5. The molecule has 0 atom stereocenters. The van der Waals surface area contributed by atoms with Crippen LogP contribution in [0.4, 0.5) is 0 Å². The second-order valence-corrected chi connectivity index (χ2v) is 10.0. The maximum Gasteiger partial charge on any atom is 0.163 e. The van der Waals surface area contributed by atoms with Gasteiger partial charge in [-0.2, -0.15) is 0 Å². The standard InChI is InChI=1S/C32H42O3/c1-4-5-6-7-8-9-10-11-20-34-30-18-16-29-23-31(19-17-28(29)22-30)35-24-26-12-14-27(15-13-26)32(33)21-25(2)3/h12-19,22-23,25H,4-11,20-21,24H2,1-3H3. The number of carbonyl (C=O) groups excluding carboxylic acids is 1. The third-order valence-electron chi connectivity index (χ3n) is 6.32. The summed E-state index contributed by atoms with van der Waals surface area (Å²) in [6, 6.07) is 20.2. The Kier molecular flexibility index (Phi) is 11.1. The van der Waals surface area contributed by atoms with E-state index in [1.54, 1.807) is 0 Å². The zero-order valence-electron chi connectivity index (χ0n) is 21.9. The van der Waals surface area contributed by atoms with Crippen LogP contribution >= 0.6 is 0 Å². The third kappa shape index (κ3) is 9.39. The Labute approximate surface area is 211 Å². The molecule has 0 aliphatic carbocycles. The fourth-order valence-electron chi connectivity index (χ4n) is 4.25. The molecule has 0 aliphatic rings. The van der Waals surface area contributed by atoms with Crippen LogP contribution in [-0.2, 0) is 6.61 Å². The van der Waals surface area contributed by atoms with Crippen molar-refractivity contribution in [2.24, 2.45) is 5.92 Å². The van der Waals surface area contributed by atoms with Gasteiger partial charge < -0.3 is 9.47 Å². The maximum absolute atomic E-state index is 12.2. The SMILES string of the molecule is CCCCCCCCCCOc1ccc2cc(OCc3ccc(C(=O)CC(C)C)cc3)ccc2c1. The number of benzene rings is 3. The molecule has 0 fully saturated rings. The molecule has 3 nitrogen and oxygen atoms in total. The molecule has 3 aromatic rings. The lowest BCUT2D eigenvalue weighted by Crippen LogP contribution is -2.04. The van der Waals surface area contributed by atoms with Crippen LogP contribution in [0.2, 0.25) is 0 Å². The van der Waals surface area contributed by atoms with Crippen LogP contribution in [0.3, 0.4) is 0 Å². The van der Waals surface area contributed by atoms with E-state index in [9.17, 15) is 4.79 Å². The monoisotopic (exact) mass is 474 g/mol. The number of ketones is 1. The van der Waals surface area contributed by atoms with Crippen LogP contribution in [0.1, 0.15) is 94.5 Å². The zero-order valence-corrected chi connectivity index (χ0v) is 21.9. The van der Waals surface area contributed by atoms with Crippen molar-refractivity contribution in [2.45, 2.75) is 85.2 Å². The van der Waals surface area contributed by atoms with Crippen LogP contribution in [0.15, 0.2) is 60.7 Å². The lowest BCUT2D eigenvalue weighted by Gasteiger charge is -2.10. The minimum atomic E-state index is 0.197. The number of hydrogen-bond acceptors (Lipinski definition) is 3. The molecule has 0 heterocycles. The van der Waals surface area contributed by atoms with E-state index >= 15 is 0 Å². The molecule has 3 heteroatoms. The van der Waals surface area contributed by atoms with Gasteiger partial charge in [0.25, 0.3) is 0 Å². The summed E-state index contributed by atoms with van der Waals surface area (Å²) in [5.74, 6) is 2.34. The summed E-state index contributed by atoms with van der Waals surface area (Å²) in [5.41, 5.74) is 1.82. The third-order valence-corrected chi connectivity index (χ3v) is 6.32. The van der Waals surface area contributed by atoms with Crippen molar-refractivity contribution < 1.29 is 14.3 Å².